The lowest BCUT2D eigenvalue weighted by molar-refractivity contribution is -0.132. The van der Waals surface area contributed by atoms with E-state index in [0.29, 0.717) is 37.4 Å². The summed E-state index contributed by atoms with van der Waals surface area (Å²) in [6.07, 6.45) is 2.18. The molecule has 1 heterocycles. The molecule has 0 saturated carbocycles. The number of furan rings is 1. The Labute approximate surface area is 140 Å². The van der Waals surface area contributed by atoms with Crippen LogP contribution in [0, 0.1) is 0 Å². The van der Waals surface area contributed by atoms with Crippen molar-refractivity contribution in [2.24, 2.45) is 0 Å². The highest BCUT2D eigenvalue weighted by molar-refractivity contribution is 5.89. The van der Waals surface area contributed by atoms with E-state index in [9.17, 15) is 14.7 Å². The van der Waals surface area contributed by atoms with Gasteiger partial charge in [-0.2, -0.15) is 0 Å². The molecule has 0 fully saturated rings. The molecule has 24 heavy (non-hydrogen) atoms. The van der Waals surface area contributed by atoms with Gasteiger partial charge in [-0.1, -0.05) is 18.2 Å². The van der Waals surface area contributed by atoms with Gasteiger partial charge in [0.15, 0.2) is 0 Å². The smallest absolute Gasteiger partial charge is 0.335 e. The molecule has 0 saturated heterocycles. The summed E-state index contributed by atoms with van der Waals surface area (Å²) in [6, 6.07) is 10.3. The van der Waals surface area contributed by atoms with Crippen molar-refractivity contribution in [3.05, 3.63) is 59.5 Å². The number of amides is 1. The standard InChI is InChI=1S/C18H21NO5/c1-23-12-10-19(13-15-6-4-11-24-15)17(20)9-8-14-5-2-3-7-16(14)18(21)22/h2-7,11H,8-10,12-13H2,1H3,(H,21,22). The van der Waals surface area contributed by atoms with E-state index in [1.807, 2.05) is 6.07 Å². The molecule has 0 aliphatic rings. The van der Waals surface area contributed by atoms with Gasteiger partial charge in [0, 0.05) is 20.1 Å². The molecule has 0 unspecified atom stereocenters. The molecule has 0 aliphatic heterocycles. The molecule has 6 heteroatoms. The third-order valence-electron chi connectivity index (χ3n) is 3.70. The van der Waals surface area contributed by atoms with Crippen molar-refractivity contribution in [1.29, 1.82) is 0 Å². The summed E-state index contributed by atoms with van der Waals surface area (Å²) in [7, 11) is 1.58. The largest absolute Gasteiger partial charge is 0.478 e. The van der Waals surface area contributed by atoms with Gasteiger partial charge in [0.1, 0.15) is 5.76 Å². The van der Waals surface area contributed by atoms with Crippen LogP contribution >= 0.6 is 0 Å². The molecular weight excluding hydrogens is 310 g/mol. The monoisotopic (exact) mass is 331 g/mol. The van der Waals surface area contributed by atoms with Crippen molar-refractivity contribution in [3.63, 3.8) is 0 Å². The summed E-state index contributed by atoms with van der Waals surface area (Å²) < 4.78 is 10.3. The van der Waals surface area contributed by atoms with Crippen LogP contribution in [0.5, 0.6) is 0 Å². The molecule has 6 nitrogen and oxygen atoms in total. The van der Waals surface area contributed by atoms with E-state index >= 15 is 0 Å². The second kappa shape index (κ2) is 8.88. The van der Waals surface area contributed by atoms with Gasteiger partial charge in [-0.15, -0.1) is 0 Å². The lowest BCUT2D eigenvalue weighted by atomic mass is 10.0. The maximum absolute atomic E-state index is 12.5. The summed E-state index contributed by atoms with van der Waals surface area (Å²) in [5, 5.41) is 9.20. The Hall–Kier alpha value is -2.60. The highest BCUT2D eigenvalue weighted by Crippen LogP contribution is 2.13. The first-order valence-electron chi connectivity index (χ1n) is 7.72. The van der Waals surface area contributed by atoms with Crippen molar-refractivity contribution < 1.29 is 23.8 Å². The van der Waals surface area contributed by atoms with E-state index in [0.717, 1.165) is 0 Å². The molecule has 0 radical (unpaired) electrons. The van der Waals surface area contributed by atoms with Gasteiger partial charge in [-0.25, -0.2) is 4.79 Å². The maximum Gasteiger partial charge on any atom is 0.335 e. The summed E-state index contributed by atoms with van der Waals surface area (Å²) in [6.45, 7) is 1.25. The second-order valence-electron chi connectivity index (χ2n) is 5.35. The van der Waals surface area contributed by atoms with Gasteiger partial charge in [-0.3, -0.25) is 4.79 Å². The molecule has 0 aliphatic carbocycles. The van der Waals surface area contributed by atoms with Gasteiger partial charge in [0.2, 0.25) is 5.91 Å². The number of ether oxygens (including phenoxy) is 1. The second-order valence-corrected chi connectivity index (χ2v) is 5.35. The van der Waals surface area contributed by atoms with Crippen LogP contribution in [0.15, 0.2) is 47.1 Å². The number of carboxylic acid groups (broad SMARTS) is 1. The Morgan fingerprint density at radius 3 is 2.67 bits per heavy atom. The van der Waals surface area contributed by atoms with Crippen LogP contribution < -0.4 is 0 Å². The minimum absolute atomic E-state index is 0.0661. The van der Waals surface area contributed by atoms with E-state index in [1.54, 1.807) is 48.6 Å². The molecule has 0 atom stereocenters. The fourth-order valence-electron chi connectivity index (χ4n) is 2.43. The van der Waals surface area contributed by atoms with E-state index in [4.69, 9.17) is 9.15 Å². The number of carboxylic acids is 1. The minimum atomic E-state index is -0.982. The van der Waals surface area contributed by atoms with E-state index < -0.39 is 5.97 Å². The first-order chi connectivity index (χ1) is 11.6. The Bertz CT molecular complexity index is 666. The third kappa shape index (κ3) is 4.96. The van der Waals surface area contributed by atoms with Crippen molar-refractivity contribution in [2.45, 2.75) is 19.4 Å². The predicted molar refractivity (Wildman–Crippen MR) is 87.7 cm³/mol. The molecule has 0 spiro atoms. The lowest BCUT2D eigenvalue weighted by Crippen LogP contribution is -2.33. The number of carbonyl (C=O) groups is 2. The fraction of sp³-hybridized carbons (Fsp3) is 0.333. The normalized spacial score (nSPS) is 10.5. The van der Waals surface area contributed by atoms with Gasteiger partial charge in [0.05, 0.1) is 25.0 Å². The first-order valence-corrected chi connectivity index (χ1v) is 7.72. The van der Waals surface area contributed by atoms with Gasteiger partial charge in [-0.05, 0) is 30.2 Å². The van der Waals surface area contributed by atoms with Crippen molar-refractivity contribution >= 4 is 11.9 Å². The van der Waals surface area contributed by atoms with Crippen LogP contribution in [0.4, 0.5) is 0 Å². The number of carbonyl (C=O) groups excluding carboxylic acids is 1. The molecule has 1 amide bonds. The average Bonchev–Trinajstić information content (AvgIpc) is 3.09. The van der Waals surface area contributed by atoms with Crippen LogP contribution in [-0.4, -0.2) is 42.1 Å². The number of methoxy groups -OCH3 is 1. The fourth-order valence-corrected chi connectivity index (χ4v) is 2.43. The Balaban J connectivity index is 2.00. The van der Waals surface area contributed by atoms with Crippen LogP contribution in [0.25, 0.3) is 0 Å². The van der Waals surface area contributed by atoms with Crippen molar-refractivity contribution in [2.75, 3.05) is 20.3 Å². The van der Waals surface area contributed by atoms with E-state index in [-0.39, 0.29) is 17.9 Å². The topological polar surface area (TPSA) is 80.0 Å². The molecular formula is C18H21NO5. The molecule has 1 aromatic carbocycles. The van der Waals surface area contributed by atoms with Crippen LogP contribution in [-0.2, 0) is 22.5 Å². The third-order valence-corrected chi connectivity index (χ3v) is 3.70. The number of aromatic carboxylic acids is 1. The number of rotatable bonds is 9. The summed E-state index contributed by atoms with van der Waals surface area (Å²) >= 11 is 0. The molecule has 1 aromatic heterocycles. The van der Waals surface area contributed by atoms with Gasteiger partial charge in [0.25, 0.3) is 0 Å². The molecule has 2 rings (SSSR count). The van der Waals surface area contributed by atoms with Gasteiger partial charge < -0.3 is 19.2 Å². The zero-order chi connectivity index (χ0) is 17.4. The molecule has 1 N–H and O–H groups in total. The zero-order valence-corrected chi connectivity index (χ0v) is 13.6. The number of hydrogen-bond donors (Lipinski definition) is 1. The average molecular weight is 331 g/mol. The van der Waals surface area contributed by atoms with Crippen molar-refractivity contribution in [1.82, 2.24) is 4.90 Å². The van der Waals surface area contributed by atoms with Crippen LogP contribution in [0.1, 0.15) is 28.1 Å². The molecule has 2 aromatic rings. The number of nitrogens with zero attached hydrogens (tertiary/aromatic N) is 1. The zero-order valence-electron chi connectivity index (χ0n) is 13.6. The quantitative estimate of drug-likeness (QED) is 0.764. The Morgan fingerprint density at radius 2 is 2.00 bits per heavy atom. The number of benzene rings is 1. The van der Waals surface area contributed by atoms with Crippen LogP contribution in [0.2, 0.25) is 0 Å². The molecule has 0 bridgehead atoms. The number of hydrogen-bond acceptors (Lipinski definition) is 4. The van der Waals surface area contributed by atoms with E-state index in [1.165, 1.54) is 0 Å². The van der Waals surface area contributed by atoms with Gasteiger partial charge >= 0.3 is 5.97 Å². The molecule has 128 valence electrons. The highest BCUT2D eigenvalue weighted by Gasteiger charge is 2.17. The highest BCUT2D eigenvalue weighted by atomic mass is 16.5. The number of aryl methyl sites for hydroxylation is 1. The Kier molecular flexibility index (Phi) is 6.57. The van der Waals surface area contributed by atoms with E-state index in [2.05, 4.69) is 0 Å². The van der Waals surface area contributed by atoms with Crippen molar-refractivity contribution in [3.8, 4) is 0 Å². The Morgan fingerprint density at radius 1 is 1.21 bits per heavy atom. The summed E-state index contributed by atoms with van der Waals surface area (Å²) in [4.78, 5) is 25.4. The predicted octanol–water partition coefficient (Wildman–Crippen LogP) is 2.59. The SMILES string of the molecule is COCCN(Cc1ccco1)C(=O)CCc1ccccc1C(=O)O. The summed E-state index contributed by atoms with van der Waals surface area (Å²) in [5.74, 6) is -0.348. The minimum Gasteiger partial charge on any atom is -0.478 e. The lowest BCUT2D eigenvalue weighted by Gasteiger charge is -2.21. The maximum atomic E-state index is 12.5. The summed E-state index contributed by atoms with van der Waals surface area (Å²) in [5.41, 5.74) is 0.891. The van der Waals surface area contributed by atoms with Crippen LogP contribution in [0.3, 0.4) is 0 Å². The first kappa shape index (κ1) is 17.7.